The van der Waals surface area contributed by atoms with E-state index in [4.69, 9.17) is 0 Å². The van der Waals surface area contributed by atoms with Crippen molar-refractivity contribution in [3.05, 3.63) is 29.3 Å². The molecule has 5 heteroatoms. The van der Waals surface area contributed by atoms with E-state index in [1.54, 1.807) is 6.07 Å². The molecule has 1 heterocycles. The van der Waals surface area contributed by atoms with Crippen LogP contribution < -0.4 is 0 Å². The van der Waals surface area contributed by atoms with Crippen molar-refractivity contribution in [1.82, 2.24) is 4.90 Å². The van der Waals surface area contributed by atoms with Crippen molar-refractivity contribution in [2.75, 3.05) is 18.6 Å². The van der Waals surface area contributed by atoms with Crippen LogP contribution in [-0.4, -0.2) is 43.0 Å². The number of nitrogens with zero attached hydrogens (tertiary/aromatic N) is 1. The van der Waals surface area contributed by atoms with E-state index in [2.05, 4.69) is 4.90 Å². The first-order valence-corrected chi connectivity index (χ1v) is 8.53. The maximum absolute atomic E-state index is 11.6. The van der Waals surface area contributed by atoms with Gasteiger partial charge in [-0.25, -0.2) is 8.42 Å². The van der Waals surface area contributed by atoms with E-state index < -0.39 is 9.84 Å². The van der Waals surface area contributed by atoms with Crippen LogP contribution in [0.1, 0.15) is 30.0 Å². The van der Waals surface area contributed by atoms with Crippen LogP contribution in [-0.2, 0) is 16.3 Å². The highest BCUT2D eigenvalue weighted by Crippen LogP contribution is 2.40. The summed E-state index contributed by atoms with van der Waals surface area (Å²) in [7, 11) is -0.837. The summed E-state index contributed by atoms with van der Waals surface area (Å²) in [4.78, 5) is 2.19. The molecule has 104 valence electrons. The molecule has 1 aliphatic heterocycles. The van der Waals surface area contributed by atoms with Gasteiger partial charge in [0.05, 0.1) is 11.5 Å². The van der Waals surface area contributed by atoms with E-state index >= 15 is 0 Å². The minimum Gasteiger partial charge on any atom is -0.508 e. The van der Waals surface area contributed by atoms with E-state index in [9.17, 15) is 13.5 Å². The second kappa shape index (κ2) is 4.49. The van der Waals surface area contributed by atoms with Gasteiger partial charge in [0.1, 0.15) is 5.75 Å². The predicted octanol–water partition coefficient (Wildman–Crippen LogP) is 1.50. The van der Waals surface area contributed by atoms with Gasteiger partial charge < -0.3 is 5.11 Å². The van der Waals surface area contributed by atoms with Gasteiger partial charge in [0.25, 0.3) is 0 Å². The van der Waals surface area contributed by atoms with E-state index in [0.717, 1.165) is 30.4 Å². The lowest BCUT2D eigenvalue weighted by Gasteiger charge is -2.30. The van der Waals surface area contributed by atoms with Crippen LogP contribution in [0.5, 0.6) is 5.75 Å². The molecule has 2 atom stereocenters. The predicted molar refractivity (Wildman–Crippen MR) is 74.0 cm³/mol. The van der Waals surface area contributed by atoms with Gasteiger partial charge >= 0.3 is 0 Å². The zero-order chi connectivity index (χ0) is 13.6. The number of phenols is 1. The van der Waals surface area contributed by atoms with Gasteiger partial charge in [-0.1, -0.05) is 12.1 Å². The topological polar surface area (TPSA) is 57.6 Å². The van der Waals surface area contributed by atoms with Gasteiger partial charge in [-0.15, -0.1) is 0 Å². The van der Waals surface area contributed by atoms with Crippen molar-refractivity contribution in [3.8, 4) is 5.75 Å². The quantitative estimate of drug-likeness (QED) is 0.892. The molecule has 2 unspecified atom stereocenters. The molecule has 1 fully saturated rings. The minimum absolute atomic E-state index is 0.114. The largest absolute Gasteiger partial charge is 0.508 e. The third kappa shape index (κ3) is 2.25. The van der Waals surface area contributed by atoms with Crippen molar-refractivity contribution >= 4 is 9.84 Å². The summed E-state index contributed by atoms with van der Waals surface area (Å²) in [6, 6.07) is 5.99. The zero-order valence-corrected chi connectivity index (χ0v) is 11.9. The van der Waals surface area contributed by atoms with E-state index in [0.29, 0.717) is 11.5 Å². The zero-order valence-electron chi connectivity index (χ0n) is 11.0. The lowest BCUT2D eigenvalue weighted by atomic mass is 10.0. The molecule has 1 N–H and O–H groups in total. The minimum atomic E-state index is -2.85. The normalized spacial score (nSPS) is 28.7. The molecule has 1 aliphatic carbocycles. The van der Waals surface area contributed by atoms with Gasteiger partial charge in [-0.2, -0.15) is 0 Å². The van der Waals surface area contributed by atoms with Crippen LogP contribution in [0.4, 0.5) is 0 Å². The third-order valence-electron chi connectivity index (χ3n) is 4.49. The Bertz CT molecular complexity index is 597. The fraction of sp³-hybridized carbons (Fsp3) is 0.571. The van der Waals surface area contributed by atoms with Gasteiger partial charge in [0.15, 0.2) is 9.84 Å². The molecule has 0 bridgehead atoms. The van der Waals surface area contributed by atoms with Crippen molar-refractivity contribution < 1.29 is 13.5 Å². The van der Waals surface area contributed by atoms with E-state index in [-0.39, 0.29) is 17.8 Å². The maximum Gasteiger partial charge on any atom is 0.151 e. The molecule has 2 aliphatic rings. The number of rotatable bonds is 2. The second-order valence-corrected chi connectivity index (χ2v) is 7.85. The van der Waals surface area contributed by atoms with Gasteiger partial charge in [-0.05, 0) is 43.5 Å². The van der Waals surface area contributed by atoms with Crippen molar-refractivity contribution in [3.63, 3.8) is 0 Å². The average molecular weight is 281 g/mol. The Balaban J connectivity index is 1.84. The second-order valence-electron chi connectivity index (χ2n) is 5.62. The first kappa shape index (κ1) is 12.9. The number of hydrogen-bond acceptors (Lipinski definition) is 4. The highest BCUT2D eigenvalue weighted by Gasteiger charge is 2.36. The van der Waals surface area contributed by atoms with Crippen LogP contribution in [0.2, 0.25) is 0 Å². The molecule has 0 aromatic heterocycles. The number of hydrogen-bond donors (Lipinski definition) is 1. The van der Waals surface area contributed by atoms with E-state index in [1.165, 1.54) is 0 Å². The smallest absolute Gasteiger partial charge is 0.151 e. The molecular weight excluding hydrogens is 262 g/mol. The Morgan fingerprint density at radius 3 is 2.79 bits per heavy atom. The SMILES string of the molecule is CN(C1CCS(=O)(=O)C1)C1CCc2c(O)cccc21. The lowest BCUT2D eigenvalue weighted by Crippen LogP contribution is -2.35. The monoisotopic (exact) mass is 281 g/mol. The first-order chi connectivity index (χ1) is 8.98. The first-order valence-electron chi connectivity index (χ1n) is 6.71. The Labute approximate surface area is 114 Å². The summed E-state index contributed by atoms with van der Waals surface area (Å²) >= 11 is 0. The van der Waals surface area contributed by atoms with Crippen molar-refractivity contribution in [2.24, 2.45) is 0 Å². The highest BCUT2D eigenvalue weighted by atomic mass is 32.2. The molecular formula is C14H19NO3S. The molecule has 0 saturated carbocycles. The Hall–Kier alpha value is -1.07. The molecule has 3 rings (SSSR count). The average Bonchev–Trinajstić information content (AvgIpc) is 2.93. The Kier molecular flexibility index (Phi) is 3.06. The summed E-state index contributed by atoms with van der Waals surface area (Å²) < 4.78 is 23.2. The Morgan fingerprint density at radius 1 is 1.32 bits per heavy atom. The van der Waals surface area contributed by atoms with Crippen molar-refractivity contribution in [1.29, 1.82) is 0 Å². The molecule has 1 aromatic rings. The number of sulfone groups is 1. The number of aromatic hydroxyl groups is 1. The molecule has 1 aromatic carbocycles. The molecule has 0 spiro atoms. The summed E-state index contributed by atoms with van der Waals surface area (Å²) in [5.74, 6) is 0.947. The summed E-state index contributed by atoms with van der Waals surface area (Å²) in [5.41, 5.74) is 2.19. The number of fused-ring (bicyclic) bond motifs is 1. The molecule has 0 radical (unpaired) electrons. The fourth-order valence-corrected chi connectivity index (χ4v) is 5.17. The highest BCUT2D eigenvalue weighted by molar-refractivity contribution is 7.91. The lowest BCUT2D eigenvalue weighted by molar-refractivity contribution is 0.187. The standard InChI is InChI=1S/C14H19NO3S/c1-15(10-7-8-19(17,18)9-10)13-6-5-12-11(13)3-2-4-14(12)16/h2-4,10,13,16H,5-9H2,1H3. The van der Waals surface area contributed by atoms with Crippen LogP contribution >= 0.6 is 0 Å². The molecule has 19 heavy (non-hydrogen) atoms. The summed E-state index contributed by atoms with van der Waals surface area (Å²) in [6.45, 7) is 0. The van der Waals surface area contributed by atoms with Crippen molar-refractivity contribution in [2.45, 2.75) is 31.3 Å². The Morgan fingerprint density at radius 2 is 2.11 bits per heavy atom. The fourth-order valence-electron chi connectivity index (χ4n) is 3.39. The van der Waals surface area contributed by atoms with Gasteiger partial charge in [0.2, 0.25) is 0 Å². The van der Waals surface area contributed by atoms with Crippen LogP contribution in [0.25, 0.3) is 0 Å². The molecule has 1 saturated heterocycles. The number of benzene rings is 1. The third-order valence-corrected chi connectivity index (χ3v) is 6.24. The summed E-state index contributed by atoms with van der Waals surface area (Å²) in [6.07, 6.45) is 2.56. The van der Waals surface area contributed by atoms with Crippen LogP contribution in [0.3, 0.4) is 0 Å². The molecule has 4 nitrogen and oxygen atoms in total. The van der Waals surface area contributed by atoms with Gasteiger partial charge in [-0.3, -0.25) is 4.90 Å². The van der Waals surface area contributed by atoms with Crippen LogP contribution in [0.15, 0.2) is 18.2 Å². The van der Waals surface area contributed by atoms with E-state index in [1.807, 2.05) is 19.2 Å². The van der Waals surface area contributed by atoms with Crippen LogP contribution in [0, 0.1) is 0 Å². The number of phenolic OH excluding ortho intramolecular Hbond substituents is 1. The maximum atomic E-state index is 11.6. The summed E-state index contributed by atoms with van der Waals surface area (Å²) in [5, 5.41) is 9.86. The molecule has 0 amide bonds. The van der Waals surface area contributed by atoms with Gasteiger partial charge in [0, 0.05) is 12.1 Å².